The van der Waals surface area contributed by atoms with Crippen molar-refractivity contribution in [3.8, 4) is 11.3 Å². The van der Waals surface area contributed by atoms with E-state index in [0.717, 1.165) is 28.2 Å². The molecule has 0 N–H and O–H groups in total. The van der Waals surface area contributed by atoms with E-state index in [2.05, 4.69) is 23.1 Å². The second-order valence-corrected chi connectivity index (χ2v) is 4.98. The summed E-state index contributed by atoms with van der Waals surface area (Å²) in [5, 5.41) is 0. The summed E-state index contributed by atoms with van der Waals surface area (Å²) in [4.78, 5) is 17.9. The number of nitrogens with zero attached hydrogens (tertiary/aromatic N) is 4. The zero-order valence-electron chi connectivity index (χ0n) is 12.9. The molecule has 2 heterocycles. The van der Waals surface area contributed by atoms with E-state index in [-0.39, 0.29) is 0 Å². The number of aryl methyl sites for hydroxylation is 1. The Balaban J connectivity index is 2.38. The van der Waals surface area contributed by atoms with E-state index < -0.39 is 0 Å². The summed E-state index contributed by atoms with van der Waals surface area (Å²) in [6, 6.07) is 9.94. The largest absolute Gasteiger partial charge is 0.240 e. The summed E-state index contributed by atoms with van der Waals surface area (Å²) >= 11 is 0. The normalized spacial score (nSPS) is 11.4. The molecule has 0 radical (unpaired) electrons. The van der Waals surface area contributed by atoms with Crippen LogP contribution in [0.2, 0.25) is 0 Å². The summed E-state index contributed by atoms with van der Waals surface area (Å²) in [5.41, 5.74) is 5.43. The molecular formula is C19H16N4. The van der Waals surface area contributed by atoms with E-state index in [1.54, 1.807) is 12.2 Å². The van der Waals surface area contributed by atoms with E-state index in [1.165, 1.54) is 6.33 Å². The van der Waals surface area contributed by atoms with Gasteiger partial charge in [-0.05, 0) is 6.92 Å². The van der Waals surface area contributed by atoms with Gasteiger partial charge in [0, 0.05) is 11.1 Å². The highest BCUT2D eigenvalue weighted by atomic mass is 15.0. The van der Waals surface area contributed by atoms with Crippen LogP contribution in [0.25, 0.3) is 28.0 Å². The van der Waals surface area contributed by atoms with Crippen LogP contribution in [-0.2, 0) is 0 Å². The number of rotatable bonds is 4. The van der Waals surface area contributed by atoms with Gasteiger partial charge < -0.3 is 0 Å². The molecule has 0 aliphatic carbocycles. The number of fused-ring (bicyclic) bond motifs is 1. The predicted octanol–water partition coefficient (Wildman–Crippen LogP) is 4.15. The maximum Gasteiger partial charge on any atom is 0.182 e. The summed E-state index contributed by atoms with van der Waals surface area (Å²) in [5.74, 6) is 0. The fourth-order valence-electron chi connectivity index (χ4n) is 2.36. The van der Waals surface area contributed by atoms with Crippen molar-refractivity contribution in [3.05, 3.63) is 79.4 Å². The second-order valence-electron chi connectivity index (χ2n) is 4.98. The fraction of sp³-hybridized carbons (Fsp3) is 0.0526. The van der Waals surface area contributed by atoms with Crippen LogP contribution in [-0.4, -0.2) is 19.9 Å². The first kappa shape index (κ1) is 14.8. The molecule has 0 atom stereocenters. The lowest BCUT2D eigenvalue weighted by Crippen LogP contribution is -2.01. The van der Waals surface area contributed by atoms with E-state index in [4.69, 9.17) is 9.97 Å². The Morgan fingerprint density at radius 2 is 1.83 bits per heavy atom. The molecule has 0 unspecified atom stereocenters. The Morgan fingerprint density at radius 1 is 1.04 bits per heavy atom. The average Bonchev–Trinajstić information content (AvgIpc) is 2.60. The lowest BCUT2D eigenvalue weighted by molar-refractivity contribution is 1.09. The van der Waals surface area contributed by atoms with Gasteiger partial charge in [0.05, 0.1) is 17.1 Å². The minimum atomic E-state index is 0.573. The van der Waals surface area contributed by atoms with Gasteiger partial charge in [-0.15, -0.1) is 0 Å². The summed E-state index contributed by atoms with van der Waals surface area (Å²) in [7, 11) is 0. The molecule has 0 spiro atoms. The Bertz CT molecular complexity index is 911. The van der Waals surface area contributed by atoms with Crippen LogP contribution in [0, 0.1) is 6.92 Å². The Kier molecular flexibility index (Phi) is 4.06. The van der Waals surface area contributed by atoms with Crippen molar-refractivity contribution in [1.82, 2.24) is 19.9 Å². The number of hydrogen-bond acceptors (Lipinski definition) is 4. The first-order chi connectivity index (χ1) is 11.2. The van der Waals surface area contributed by atoms with Gasteiger partial charge in [-0.3, -0.25) is 0 Å². The molecule has 0 saturated carbocycles. The standard InChI is InChI=1S/C19H16N4/c1-4-9-14(5-2)17-18(15-10-7-6-8-11-15)22-16-13(3)20-12-21-19(16)23-17/h4-12H,1-2H2,3H3/b14-9+. The lowest BCUT2D eigenvalue weighted by atomic mass is 10.0. The van der Waals surface area contributed by atoms with Gasteiger partial charge in [-0.2, -0.15) is 0 Å². The summed E-state index contributed by atoms with van der Waals surface area (Å²) in [6.07, 6.45) is 6.83. The maximum absolute atomic E-state index is 4.79. The molecule has 23 heavy (non-hydrogen) atoms. The molecule has 0 aliphatic heterocycles. The number of aromatic nitrogens is 4. The van der Waals surface area contributed by atoms with Gasteiger partial charge >= 0.3 is 0 Å². The summed E-state index contributed by atoms with van der Waals surface area (Å²) < 4.78 is 0. The first-order valence-electron chi connectivity index (χ1n) is 7.25. The molecule has 3 rings (SSSR count). The quantitative estimate of drug-likeness (QED) is 0.679. The smallest absolute Gasteiger partial charge is 0.182 e. The molecule has 112 valence electrons. The van der Waals surface area contributed by atoms with Crippen LogP contribution in [0.5, 0.6) is 0 Å². The number of benzene rings is 1. The van der Waals surface area contributed by atoms with Crippen molar-refractivity contribution in [2.45, 2.75) is 6.92 Å². The van der Waals surface area contributed by atoms with Crippen LogP contribution in [0.3, 0.4) is 0 Å². The Labute approximate surface area is 135 Å². The summed E-state index contributed by atoms with van der Waals surface area (Å²) in [6.45, 7) is 9.53. The van der Waals surface area contributed by atoms with Crippen molar-refractivity contribution >= 4 is 16.7 Å². The molecule has 3 aromatic rings. The van der Waals surface area contributed by atoms with Crippen LogP contribution in [0.15, 0.2) is 68.0 Å². The Hall–Kier alpha value is -3.14. The van der Waals surface area contributed by atoms with Crippen molar-refractivity contribution in [1.29, 1.82) is 0 Å². The first-order valence-corrected chi connectivity index (χ1v) is 7.25. The topological polar surface area (TPSA) is 51.6 Å². The Morgan fingerprint density at radius 3 is 2.52 bits per heavy atom. The molecule has 0 bridgehead atoms. The fourth-order valence-corrected chi connectivity index (χ4v) is 2.36. The third-order valence-electron chi connectivity index (χ3n) is 3.49. The highest BCUT2D eigenvalue weighted by Crippen LogP contribution is 2.28. The lowest BCUT2D eigenvalue weighted by Gasteiger charge is -2.11. The monoisotopic (exact) mass is 300 g/mol. The van der Waals surface area contributed by atoms with E-state index in [1.807, 2.05) is 43.3 Å². The van der Waals surface area contributed by atoms with Crippen molar-refractivity contribution in [2.24, 2.45) is 0 Å². The van der Waals surface area contributed by atoms with E-state index in [9.17, 15) is 0 Å². The van der Waals surface area contributed by atoms with Crippen LogP contribution in [0.1, 0.15) is 11.4 Å². The van der Waals surface area contributed by atoms with Crippen LogP contribution < -0.4 is 0 Å². The second kappa shape index (κ2) is 6.32. The van der Waals surface area contributed by atoms with Gasteiger partial charge in [-0.25, -0.2) is 19.9 Å². The molecular weight excluding hydrogens is 284 g/mol. The van der Waals surface area contributed by atoms with Crippen LogP contribution >= 0.6 is 0 Å². The molecule has 0 fully saturated rings. The zero-order valence-corrected chi connectivity index (χ0v) is 12.9. The maximum atomic E-state index is 4.79. The van der Waals surface area contributed by atoms with Crippen LogP contribution in [0.4, 0.5) is 0 Å². The third-order valence-corrected chi connectivity index (χ3v) is 3.49. The minimum Gasteiger partial charge on any atom is -0.240 e. The van der Waals surface area contributed by atoms with E-state index in [0.29, 0.717) is 11.2 Å². The molecule has 4 nitrogen and oxygen atoms in total. The molecule has 1 aromatic carbocycles. The molecule has 2 aromatic heterocycles. The average molecular weight is 300 g/mol. The SMILES string of the molecule is C=C/C=C(\C=C)c1nc2ncnc(C)c2nc1-c1ccccc1. The number of hydrogen-bond donors (Lipinski definition) is 0. The highest BCUT2D eigenvalue weighted by molar-refractivity contribution is 5.86. The molecule has 4 heteroatoms. The van der Waals surface area contributed by atoms with Gasteiger partial charge in [0.1, 0.15) is 11.8 Å². The minimum absolute atomic E-state index is 0.573. The predicted molar refractivity (Wildman–Crippen MR) is 93.7 cm³/mol. The third kappa shape index (κ3) is 2.79. The van der Waals surface area contributed by atoms with Crippen molar-refractivity contribution in [3.63, 3.8) is 0 Å². The highest BCUT2D eigenvalue weighted by Gasteiger charge is 2.15. The molecule has 0 amide bonds. The molecule has 0 saturated heterocycles. The number of allylic oxidation sites excluding steroid dienone is 4. The van der Waals surface area contributed by atoms with Gasteiger partial charge in [0.25, 0.3) is 0 Å². The van der Waals surface area contributed by atoms with Crippen molar-refractivity contribution in [2.75, 3.05) is 0 Å². The van der Waals surface area contributed by atoms with E-state index >= 15 is 0 Å². The van der Waals surface area contributed by atoms with Gasteiger partial charge in [-0.1, -0.05) is 61.7 Å². The van der Waals surface area contributed by atoms with Gasteiger partial charge in [0.2, 0.25) is 0 Å². The molecule has 0 aliphatic rings. The van der Waals surface area contributed by atoms with Crippen molar-refractivity contribution < 1.29 is 0 Å². The van der Waals surface area contributed by atoms with Gasteiger partial charge in [0.15, 0.2) is 5.65 Å². The zero-order chi connectivity index (χ0) is 16.2.